The van der Waals surface area contributed by atoms with E-state index in [1.54, 1.807) is 24.5 Å². The number of hydrogen-bond acceptors (Lipinski definition) is 5. The van der Waals surface area contributed by atoms with Crippen LogP contribution < -0.4 is 5.32 Å². The van der Waals surface area contributed by atoms with Crippen molar-refractivity contribution in [2.75, 3.05) is 5.32 Å². The van der Waals surface area contributed by atoms with Gasteiger partial charge in [-0.2, -0.15) is 0 Å². The van der Waals surface area contributed by atoms with Gasteiger partial charge in [0.05, 0.1) is 17.9 Å². The van der Waals surface area contributed by atoms with E-state index in [2.05, 4.69) is 30.8 Å². The third-order valence-corrected chi connectivity index (χ3v) is 2.56. The van der Waals surface area contributed by atoms with Crippen molar-refractivity contribution in [3.05, 3.63) is 48.6 Å². The first kappa shape index (κ1) is 11.3. The van der Waals surface area contributed by atoms with Gasteiger partial charge in [-0.25, -0.2) is 14.1 Å². The Hall–Kier alpha value is -2.77. The highest BCUT2D eigenvalue weighted by molar-refractivity contribution is 5.51. The van der Waals surface area contributed by atoms with E-state index in [1.165, 1.54) is 17.1 Å². The van der Waals surface area contributed by atoms with Crippen LogP contribution in [0.2, 0.25) is 0 Å². The maximum atomic E-state index is 13.7. The molecule has 0 radical (unpaired) electrons. The molecule has 0 spiro atoms. The monoisotopic (exact) mass is 259 g/mol. The van der Waals surface area contributed by atoms with Crippen LogP contribution in [0.3, 0.4) is 0 Å². The topological polar surface area (TPSA) is 84.3 Å². The van der Waals surface area contributed by atoms with Crippen LogP contribution in [0, 0.1) is 5.82 Å². The van der Waals surface area contributed by atoms with Crippen LogP contribution in [-0.2, 0) is 6.54 Å². The number of anilines is 1. The third kappa shape index (κ3) is 2.41. The van der Waals surface area contributed by atoms with Crippen molar-refractivity contribution in [3.63, 3.8) is 0 Å². The van der Waals surface area contributed by atoms with E-state index in [0.717, 1.165) is 5.82 Å². The number of nitrogens with one attached hydrogen (secondary N) is 2. The number of aromatic amines is 1. The molecule has 0 aliphatic carbocycles. The van der Waals surface area contributed by atoms with Gasteiger partial charge in [-0.3, -0.25) is 0 Å². The van der Waals surface area contributed by atoms with Crippen LogP contribution in [0.4, 0.5) is 10.1 Å². The van der Waals surface area contributed by atoms with Gasteiger partial charge in [-0.15, -0.1) is 5.10 Å². The highest BCUT2D eigenvalue weighted by Gasteiger charge is 2.06. The number of aromatic nitrogens is 6. The Bertz CT molecular complexity index is 648. The molecule has 0 saturated heterocycles. The first-order chi connectivity index (χ1) is 9.33. The summed E-state index contributed by atoms with van der Waals surface area (Å²) >= 11 is 0. The maximum Gasteiger partial charge on any atom is 0.146 e. The summed E-state index contributed by atoms with van der Waals surface area (Å²) in [5.74, 6) is 0.385. The number of hydrogen-bond donors (Lipinski definition) is 2. The molecule has 96 valence electrons. The molecule has 7 nitrogen and oxygen atoms in total. The molecule has 0 aliphatic heterocycles. The van der Waals surface area contributed by atoms with Crippen molar-refractivity contribution in [2.45, 2.75) is 6.54 Å². The molecule has 2 heterocycles. The molecule has 0 amide bonds. The van der Waals surface area contributed by atoms with Crippen molar-refractivity contribution in [2.24, 2.45) is 0 Å². The molecule has 0 aliphatic rings. The van der Waals surface area contributed by atoms with E-state index in [0.29, 0.717) is 17.9 Å². The molecule has 3 rings (SSSR count). The molecule has 0 saturated carbocycles. The second-order valence-electron chi connectivity index (χ2n) is 3.81. The van der Waals surface area contributed by atoms with Gasteiger partial charge >= 0.3 is 0 Å². The third-order valence-electron chi connectivity index (χ3n) is 2.56. The zero-order chi connectivity index (χ0) is 13.1. The Labute approximate surface area is 107 Å². The number of nitrogens with zero attached hydrogens (tertiary/aromatic N) is 5. The number of imidazole rings is 1. The van der Waals surface area contributed by atoms with Gasteiger partial charge < -0.3 is 10.3 Å². The van der Waals surface area contributed by atoms with Crippen LogP contribution in [0.25, 0.3) is 5.69 Å². The molecule has 0 atom stereocenters. The van der Waals surface area contributed by atoms with Crippen molar-refractivity contribution in [3.8, 4) is 5.69 Å². The fourth-order valence-corrected chi connectivity index (χ4v) is 1.64. The number of H-pyrrole nitrogens is 1. The molecular formula is C11H10FN7. The number of halogens is 1. The fraction of sp³-hybridized carbons (Fsp3) is 0.0909. The van der Waals surface area contributed by atoms with Gasteiger partial charge in [0.2, 0.25) is 0 Å². The molecule has 1 aromatic carbocycles. The minimum Gasteiger partial charge on any atom is -0.375 e. The van der Waals surface area contributed by atoms with Crippen LogP contribution >= 0.6 is 0 Å². The largest absolute Gasteiger partial charge is 0.375 e. The predicted molar refractivity (Wildman–Crippen MR) is 65.0 cm³/mol. The standard InChI is InChI=1S/C11H10FN7/c12-9-2-1-8(19-7-16-17-18-19)5-10(9)15-6-11-13-3-4-14-11/h1-5,7,15H,6H2,(H,13,14). The molecule has 2 aromatic heterocycles. The molecule has 0 fully saturated rings. The Kier molecular flexibility index (Phi) is 2.89. The average Bonchev–Trinajstić information content (AvgIpc) is 3.11. The van der Waals surface area contributed by atoms with Gasteiger partial charge in [-0.1, -0.05) is 0 Å². The van der Waals surface area contributed by atoms with Crippen molar-refractivity contribution < 1.29 is 4.39 Å². The molecular weight excluding hydrogens is 249 g/mol. The summed E-state index contributed by atoms with van der Waals surface area (Å²) in [6.07, 6.45) is 4.80. The molecule has 3 aromatic rings. The first-order valence-electron chi connectivity index (χ1n) is 5.58. The van der Waals surface area contributed by atoms with Crippen LogP contribution in [0.5, 0.6) is 0 Å². The average molecular weight is 259 g/mol. The van der Waals surface area contributed by atoms with E-state index < -0.39 is 0 Å². The predicted octanol–water partition coefficient (Wildman–Crippen LogP) is 1.14. The second kappa shape index (κ2) is 4.84. The van der Waals surface area contributed by atoms with Gasteiger partial charge in [0.1, 0.15) is 18.0 Å². The lowest BCUT2D eigenvalue weighted by molar-refractivity contribution is 0.628. The Balaban J connectivity index is 1.82. The van der Waals surface area contributed by atoms with Crippen LogP contribution in [0.1, 0.15) is 5.82 Å². The summed E-state index contributed by atoms with van der Waals surface area (Å²) in [6, 6.07) is 4.60. The van der Waals surface area contributed by atoms with E-state index in [4.69, 9.17) is 0 Å². The van der Waals surface area contributed by atoms with E-state index >= 15 is 0 Å². The molecule has 8 heteroatoms. The van der Waals surface area contributed by atoms with Crippen molar-refractivity contribution in [1.29, 1.82) is 0 Å². The Morgan fingerprint density at radius 1 is 1.37 bits per heavy atom. The zero-order valence-corrected chi connectivity index (χ0v) is 9.79. The zero-order valence-electron chi connectivity index (χ0n) is 9.79. The Morgan fingerprint density at radius 3 is 3.05 bits per heavy atom. The molecule has 2 N–H and O–H groups in total. The SMILES string of the molecule is Fc1ccc(-n2cnnn2)cc1NCc1ncc[nH]1. The number of tetrazole rings is 1. The van der Waals surface area contributed by atoms with E-state index in [9.17, 15) is 4.39 Å². The molecule has 0 bridgehead atoms. The lowest BCUT2D eigenvalue weighted by Gasteiger charge is -2.08. The molecule has 0 unspecified atom stereocenters. The smallest absolute Gasteiger partial charge is 0.146 e. The second-order valence-corrected chi connectivity index (χ2v) is 3.81. The van der Waals surface area contributed by atoms with Crippen LogP contribution in [0.15, 0.2) is 36.9 Å². The summed E-state index contributed by atoms with van der Waals surface area (Å²) < 4.78 is 15.1. The fourth-order valence-electron chi connectivity index (χ4n) is 1.64. The van der Waals surface area contributed by atoms with E-state index in [1.807, 2.05) is 0 Å². The summed E-state index contributed by atoms with van der Waals surface area (Å²) in [4.78, 5) is 6.99. The number of benzene rings is 1. The maximum absolute atomic E-state index is 13.7. The van der Waals surface area contributed by atoms with Gasteiger partial charge in [0.25, 0.3) is 0 Å². The minimum atomic E-state index is -0.344. The van der Waals surface area contributed by atoms with Crippen LogP contribution in [-0.4, -0.2) is 30.2 Å². The lowest BCUT2D eigenvalue weighted by atomic mass is 10.2. The summed E-state index contributed by atoms with van der Waals surface area (Å²) in [5, 5.41) is 13.8. The number of rotatable bonds is 4. The van der Waals surface area contributed by atoms with Crippen molar-refractivity contribution in [1.82, 2.24) is 30.2 Å². The Morgan fingerprint density at radius 2 is 2.32 bits per heavy atom. The van der Waals surface area contributed by atoms with Gasteiger partial charge in [0, 0.05) is 12.4 Å². The first-order valence-corrected chi connectivity index (χ1v) is 5.58. The van der Waals surface area contributed by atoms with Crippen molar-refractivity contribution >= 4 is 5.69 Å². The van der Waals surface area contributed by atoms with Gasteiger partial charge in [0.15, 0.2) is 0 Å². The minimum absolute atomic E-state index is 0.344. The summed E-state index contributed by atoms with van der Waals surface area (Å²) in [6.45, 7) is 0.406. The molecule has 19 heavy (non-hydrogen) atoms. The normalized spacial score (nSPS) is 10.6. The summed E-state index contributed by atoms with van der Waals surface area (Å²) in [5.41, 5.74) is 1.04. The quantitative estimate of drug-likeness (QED) is 0.734. The summed E-state index contributed by atoms with van der Waals surface area (Å²) in [7, 11) is 0. The lowest BCUT2D eigenvalue weighted by Crippen LogP contribution is -2.04. The highest BCUT2D eigenvalue weighted by atomic mass is 19.1. The van der Waals surface area contributed by atoms with E-state index in [-0.39, 0.29) is 5.82 Å². The highest BCUT2D eigenvalue weighted by Crippen LogP contribution is 2.18. The van der Waals surface area contributed by atoms with Gasteiger partial charge in [-0.05, 0) is 28.6 Å².